The van der Waals surface area contributed by atoms with Gasteiger partial charge in [0.1, 0.15) is 6.26 Å². The molecule has 7 heteroatoms. The first-order valence-electron chi connectivity index (χ1n) is 5.48. The predicted octanol–water partition coefficient (Wildman–Crippen LogP) is 0.495. The molecule has 0 aliphatic carbocycles. The lowest BCUT2D eigenvalue weighted by Crippen LogP contribution is -2.57. The van der Waals surface area contributed by atoms with Crippen LogP contribution in [0.1, 0.15) is 23.2 Å². The molecule has 2 amide bonds. The number of nitrogens with zero attached hydrogens (tertiary/aromatic N) is 1. The van der Waals surface area contributed by atoms with E-state index in [1.165, 1.54) is 11.2 Å². The van der Waals surface area contributed by atoms with Gasteiger partial charge in [-0.25, -0.2) is 0 Å². The third kappa shape index (κ3) is 2.41. The summed E-state index contributed by atoms with van der Waals surface area (Å²) in [4.78, 5) is 24.7. The van der Waals surface area contributed by atoms with Gasteiger partial charge in [-0.2, -0.15) is 0 Å². The van der Waals surface area contributed by atoms with E-state index in [1.54, 1.807) is 6.07 Å². The van der Waals surface area contributed by atoms with Crippen molar-refractivity contribution in [2.24, 2.45) is 5.73 Å². The van der Waals surface area contributed by atoms with Crippen LogP contribution in [0.15, 0.2) is 21.4 Å². The second kappa shape index (κ2) is 4.74. The highest BCUT2D eigenvalue weighted by molar-refractivity contribution is 9.10. The number of β-amino-alcohol motifs (C(OH)–C–C–N with tert-alkyl or cyclic N) is 1. The van der Waals surface area contributed by atoms with Gasteiger partial charge in [0, 0.05) is 12.6 Å². The van der Waals surface area contributed by atoms with Crippen LogP contribution in [0.2, 0.25) is 0 Å². The number of nitrogens with two attached hydrogens (primary N) is 1. The molecule has 0 saturated carbocycles. The van der Waals surface area contributed by atoms with Crippen LogP contribution in [0, 0.1) is 0 Å². The zero-order chi connectivity index (χ0) is 13.3. The highest BCUT2D eigenvalue weighted by Gasteiger charge is 2.40. The van der Waals surface area contributed by atoms with Gasteiger partial charge in [-0.3, -0.25) is 9.59 Å². The first-order chi connectivity index (χ1) is 8.42. The molecule has 1 atom stereocenters. The van der Waals surface area contributed by atoms with Gasteiger partial charge >= 0.3 is 0 Å². The Hall–Kier alpha value is -1.34. The summed E-state index contributed by atoms with van der Waals surface area (Å²) in [6, 6.07) is 1.54. The number of halogens is 1. The lowest BCUT2D eigenvalue weighted by molar-refractivity contribution is -0.140. The quantitative estimate of drug-likeness (QED) is 0.830. The standard InChI is InChI=1S/C11H13BrN2O4/c12-8-4-7(5-18-8)9(15)14-3-1-2-11(17,6-14)10(13)16/h4-5,17H,1-3,6H2,(H2,13,16)/t11-/m0/s1. The Morgan fingerprint density at radius 1 is 1.56 bits per heavy atom. The van der Waals surface area contributed by atoms with Crippen LogP contribution >= 0.6 is 15.9 Å². The minimum Gasteiger partial charge on any atom is -0.457 e. The van der Waals surface area contributed by atoms with Crippen LogP contribution in [0.4, 0.5) is 0 Å². The van der Waals surface area contributed by atoms with Crippen molar-refractivity contribution in [3.63, 3.8) is 0 Å². The number of rotatable bonds is 2. The van der Waals surface area contributed by atoms with E-state index in [2.05, 4.69) is 15.9 Å². The third-order valence-corrected chi connectivity index (χ3v) is 3.45. The molecule has 0 bridgehead atoms. The molecule has 2 heterocycles. The lowest BCUT2D eigenvalue weighted by atomic mass is 9.92. The van der Waals surface area contributed by atoms with E-state index in [1.807, 2.05) is 0 Å². The van der Waals surface area contributed by atoms with Crippen LogP contribution in [-0.4, -0.2) is 40.5 Å². The zero-order valence-corrected chi connectivity index (χ0v) is 11.1. The van der Waals surface area contributed by atoms with Gasteiger partial charge < -0.3 is 20.2 Å². The molecule has 18 heavy (non-hydrogen) atoms. The molecule has 3 N–H and O–H groups in total. The van der Waals surface area contributed by atoms with E-state index >= 15 is 0 Å². The number of piperidine rings is 1. The number of carbonyl (C=O) groups is 2. The topological polar surface area (TPSA) is 96.8 Å². The van der Waals surface area contributed by atoms with E-state index in [0.29, 0.717) is 23.2 Å². The molecule has 1 aromatic heterocycles. The molecule has 1 fully saturated rings. The van der Waals surface area contributed by atoms with Crippen LogP contribution in [-0.2, 0) is 4.79 Å². The monoisotopic (exact) mass is 316 g/mol. The molecule has 2 rings (SSSR count). The predicted molar refractivity (Wildman–Crippen MR) is 65.7 cm³/mol. The van der Waals surface area contributed by atoms with Crippen molar-refractivity contribution >= 4 is 27.7 Å². The van der Waals surface area contributed by atoms with E-state index in [-0.39, 0.29) is 18.9 Å². The number of hydrogen-bond donors (Lipinski definition) is 2. The molecule has 0 aromatic carbocycles. The average molecular weight is 317 g/mol. The fourth-order valence-electron chi connectivity index (χ4n) is 2.02. The van der Waals surface area contributed by atoms with Crippen LogP contribution < -0.4 is 5.73 Å². The molecule has 0 spiro atoms. The van der Waals surface area contributed by atoms with Crippen molar-refractivity contribution in [2.75, 3.05) is 13.1 Å². The summed E-state index contributed by atoms with van der Waals surface area (Å²) in [5.41, 5.74) is 3.89. The number of aliphatic hydroxyl groups is 1. The summed E-state index contributed by atoms with van der Waals surface area (Å²) in [5, 5.41) is 10.0. The molecule has 6 nitrogen and oxygen atoms in total. The fraction of sp³-hybridized carbons (Fsp3) is 0.455. The number of furan rings is 1. The highest BCUT2D eigenvalue weighted by Crippen LogP contribution is 2.23. The van der Waals surface area contributed by atoms with Gasteiger partial charge in [0.2, 0.25) is 0 Å². The molecule has 1 saturated heterocycles. The van der Waals surface area contributed by atoms with Crippen molar-refractivity contribution < 1.29 is 19.1 Å². The SMILES string of the molecule is NC(=O)[C@]1(O)CCCN(C(=O)c2coc(Br)c2)C1. The Bertz CT molecular complexity index is 487. The number of hydrogen-bond acceptors (Lipinski definition) is 4. The minimum absolute atomic E-state index is 0.0794. The molecular formula is C11H13BrN2O4. The largest absolute Gasteiger partial charge is 0.457 e. The summed E-state index contributed by atoms with van der Waals surface area (Å²) in [6.45, 7) is 0.404. The molecule has 1 aromatic rings. The summed E-state index contributed by atoms with van der Waals surface area (Å²) in [7, 11) is 0. The number of primary amides is 1. The Labute approximate surface area is 112 Å². The average Bonchev–Trinajstić information content (AvgIpc) is 2.75. The minimum atomic E-state index is -1.63. The highest BCUT2D eigenvalue weighted by atomic mass is 79.9. The van der Waals surface area contributed by atoms with Crippen molar-refractivity contribution in [3.05, 3.63) is 22.6 Å². The number of carbonyl (C=O) groups excluding carboxylic acids is 2. The molecular weight excluding hydrogens is 304 g/mol. The Morgan fingerprint density at radius 3 is 2.83 bits per heavy atom. The lowest BCUT2D eigenvalue weighted by Gasteiger charge is -2.36. The van der Waals surface area contributed by atoms with Crippen molar-refractivity contribution in [3.8, 4) is 0 Å². The normalized spacial score (nSPS) is 24.0. The summed E-state index contributed by atoms with van der Waals surface area (Å²) in [5.74, 6) is -1.09. The van der Waals surface area contributed by atoms with Gasteiger partial charge in [0.15, 0.2) is 10.3 Å². The Morgan fingerprint density at radius 2 is 2.28 bits per heavy atom. The number of likely N-dealkylation sites (tertiary alicyclic amines) is 1. The summed E-state index contributed by atoms with van der Waals surface area (Å²) < 4.78 is 5.44. The summed E-state index contributed by atoms with van der Waals surface area (Å²) >= 11 is 3.11. The maximum absolute atomic E-state index is 12.1. The van der Waals surface area contributed by atoms with E-state index < -0.39 is 11.5 Å². The maximum atomic E-state index is 12.1. The molecule has 1 aliphatic rings. The summed E-state index contributed by atoms with van der Waals surface area (Å²) in [6.07, 6.45) is 2.13. The smallest absolute Gasteiger partial charge is 0.257 e. The van der Waals surface area contributed by atoms with Gasteiger partial charge in [0.05, 0.1) is 12.1 Å². The molecule has 98 valence electrons. The van der Waals surface area contributed by atoms with Crippen LogP contribution in [0.5, 0.6) is 0 Å². The van der Waals surface area contributed by atoms with E-state index in [4.69, 9.17) is 10.2 Å². The molecule has 0 radical (unpaired) electrons. The van der Waals surface area contributed by atoms with Crippen LogP contribution in [0.3, 0.4) is 0 Å². The van der Waals surface area contributed by atoms with Crippen molar-refractivity contribution in [1.82, 2.24) is 4.90 Å². The second-order valence-corrected chi connectivity index (χ2v) is 5.15. The number of amides is 2. The van der Waals surface area contributed by atoms with Crippen molar-refractivity contribution in [1.29, 1.82) is 0 Å². The first-order valence-corrected chi connectivity index (χ1v) is 6.27. The van der Waals surface area contributed by atoms with Crippen molar-refractivity contribution in [2.45, 2.75) is 18.4 Å². The Kier molecular flexibility index (Phi) is 3.45. The zero-order valence-electron chi connectivity index (χ0n) is 9.56. The molecule has 1 aliphatic heterocycles. The van der Waals surface area contributed by atoms with E-state index in [0.717, 1.165) is 0 Å². The first kappa shape index (κ1) is 13.1. The van der Waals surface area contributed by atoms with Gasteiger partial charge in [-0.05, 0) is 28.8 Å². The van der Waals surface area contributed by atoms with Gasteiger partial charge in [-0.1, -0.05) is 0 Å². The Balaban J connectivity index is 2.14. The molecule has 0 unspecified atom stereocenters. The van der Waals surface area contributed by atoms with Gasteiger partial charge in [0.25, 0.3) is 11.8 Å². The van der Waals surface area contributed by atoms with Crippen LogP contribution in [0.25, 0.3) is 0 Å². The maximum Gasteiger partial charge on any atom is 0.257 e. The fourth-order valence-corrected chi connectivity index (χ4v) is 2.36. The van der Waals surface area contributed by atoms with Gasteiger partial charge in [-0.15, -0.1) is 0 Å². The second-order valence-electron chi connectivity index (χ2n) is 4.37. The van der Waals surface area contributed by atoms with E-state index in [9.17, 15) is 14.7 Å². The third-order valence-electron chi connectivity index (χ3n) is 3.03.